The van der Waals surface area contributed by atoms with Crippen molar-refractivity contribution in [3.63, 3.8) is 0 Å². The van der Waals surface area contributed by atoms with Gasteiger partial charge in [-0.1, -0.05) is 0 Å². The summed E-state index contributed by atoms with van der Waals surface area (Å²) in [6.45, 7) is -0.730. The first-order valence-corrected chi connectivity index (χ1v) is 3.04. The quantitative estimate of drug-likeness (QED) is 0.423. The fourth-order valence-corrected chi connectivity index (χ4v) is 0.476. The summed E-state index contributed by atoms with van der Waals surface area (Å²) in [4.78, 5) is 10.2. The predicted octanol–water partition coefficient (Wildman–Crippen LogP) is 0.459. The number of aliphatic carboxylic acids is 1. The first-order valence-electron chi connectivity index (χ1n) is 3.04. The van der Waals surface area contributed by atoms with E-state index in [1.807, 2.05) is 5.32 Å². The monoisotopic (exact) mass is 178 g/mol. The van der Waals surface area contributed by atoms with E-state index in [1.165, 1.54) is 0 Å². The molecule has 0 unspecified atom stereocenters. The van der Waals surface area contributed by atoms with Crippen molar-refractivity contribution < 1.29 is 18.7 Å². The molecule has 0 aliphatic carbocycles. The molecular formula is C6H8F2N2O2. The highest BCUT2D eigenvalue weighted by Crippen LogP contribution is 1.92. The zero-order chi connectivity index (χ0) is 9.56. The standard InChI is InChI=1S/C6H8F2N2O2/c7-5(8)3-10-4(1-2-9)6(11)12/h1-2,5,9-10H,3H2,(H,11,12)/b4-1-,9-2?. The van der Waals surface area contributed by atoms with Crippen LogP contribution < -0.4 is 5.32 Å². The SMILES string of the molecule is N=C/C=C(\NCC(F)F)C(=O)O. The van der Waals surface area contributed by atoms with Crippen LogP contribution in [0.1, 0.15) is 0 Å². The van der Waals surface area contributed by atoms with Crippen LogP contribution >= 0.6 is 0 Å². The lowest BCUT2D eigenvalue weighted by atomic mass is 10.4. The van der Waals surface area contributed by atoms with Gasteiger partial charge in [0.15, 0.2) is 0 Å². The van der Waals surface area contributed by atoms with Gasteiger partial charge in [0, 0.05) is 6.21 Å². The molecule has 6 heteroatoms. The Balaban J connectivity index is 4.06. The fraction of sp³-hybridized carbons (Fsp3) is 0.333. The van der Waals surface area contributed by atoms with E-state index in [2.05, 4.69) is 0 Å². The van der Waals surface area contributed by atoms with Gasteiger partial charge in [0.25, 0.3) is 6.43 Å². The van der Waals surface area contributed by atoms with Gasteiger partial charge < -0.3 is 15.8 Å². The van der Waals surface area contributed by atoms with E-state index in [9.17, 15) is 13.6 Å². The lowest BCUT2D eigenvalue weighted by Crippen LogP contribution is -2.25. The second-order valence-corrected chi connectivity index (χ2v) is 1.82. The summed E-state index contributed by atoms with van der Waals surface area (Å²) < 4.78 is 23.1. The summed E-state index contributed by atoms with van der Waals surface area (Å²) in [7, 11) is 0. The molecule has 0 aromatic heterocycles. The number of carboxylic acids is 1. The molecule has 0 spiro atoms. The number of carboxylic acid groups (broad SMARTS) is 1. The highest BCUT2D eigenvalue weighted by atomic mass is 19.3. The third kappa shape index (κ3) is 4.37. The molecule has 0 aliphatic heterocycles. The van der Waals surface area contributed by atoms with E-state index >= 15 is 0 Å². The Morgan fingerprint density at radius 2 is 2.25 bits per heavy atom. The molecule has 0 bridgehead atoms. The van der Waals surface area contributed by atoms with E-state index in [1.54, 1.807) is 0 Å². The average molecular weight is 178 g/mol. The van der Waals surface area contributed by atoms with Crippen LogP contribution in [0.25, 0.3) is 0 Å². The first-order chi connectivity index (χ1) is 5.57. The average Bonchev–Trinajstić information content (AvgIpc) is 1.96. The van der Waals surface area contributed by atoms with Crippen LogP contribution in [0.3, 0.4) is 0 Å². The molecule has 0 aliphatic rings. The molecule has 0 amide bonds. The topological polar surface area (TPSA) is 73.2 Å². The molecule has 0 atom stereocenters. The van der Waals surface area contributed by atoms with Gasteiger partial charge in [-0.15, -0.1) is 0 Å². The van der Waals surface area contributed by atoms with E-state index < -0.39 is 24.6 Å². The number of halogens is 2. The van der Waals surface area contributed by atoms with E-state index in [-0.39, 0.29) is 0 Å². The van der Waals surface area contributed by atoms with Crippen molar-refractivity contribution in [2.24, 2.45) is 0 Å². The molecule has 0 fully saturated rings. The second-order valence-electron chi connectivity index (χ2n) is 1.82. The minimum absolute atomic E-state index is 0.412. The number of alkyl halides is 2. The van der Waals surface area contributed by atoms with Crippen LogP contribution in [0.5, 0.6) is 0 Å². The second kappa shape index (κ2) is 5.22. The number of hydrogen-bond donors (Lipinski definition) is 3. The summed E-state index contributed by atoms with van der Waals surface area (Å²) in [6, 6.07) is 0. The molecule has 3 N–H and O–H groups in total. The summed E-state index contributed by atoms with van der Waals surface area (Å²) in [5.74, 6) is -1.36. The summed E-state index contributed by atoms with van der Waals surface area (Å²) in [6.07, 6.45) is -1.01. The van der Waals surface area contributed by atoms with Gasteiger partial charge in [0.05, 0.1) is 6.54 Å². The van der Waals surface area contributed by atoms with Crippen molar-refractivity contribution in [3.05, 3.63) is 11.8 Å². The molecule has 0 aromatic rings. The zero-order valence-corrected chi connectivity index (χ0v) is 6.05. The lowest BCUT2D eigenvalue weighted by molar-refractivity contribution is -0.133. The Morgan fingerprint density at radius 3 is 2.58 bits per heavy atom. The van der Waals surface area contributed by atoms with Crippen molar-refractivity contribution in [2.45, 2.75) is 6.43 Å². The third-order valence-corrected chi connectivity index (χ3v) is 0.927. The zero-order valence-electron chi connectivity index (χ0n) is 6.05. The Bertz CT molecular complexity index is 204. The number of hydrogen-bond acceptors (Lipinski definition) is 3. The number of allylic oxidation sites excluding steroid dienone is 1. The van der Waals surface area contributed by atoms with Crippen LogP contribution in [-0.2, 0) is 4.79 Å². The van der Waals surface area contributed by atoms with Crippen molar-refractivity contribution in [1.29, 1.82) is 5.41 Å². The number of rotatable bonds is 5. The molecule has 68 valence electrons. The minimum Gasteiger partial charge on any atom is -0.477 e. The third-order valence-electron chi connectivity index (χ3n) is 0.927. The molecule has 0 rings (SSSR count). The van der Waals surface area contributed by atoms with Gasteiger partial charge in [-0.2, -0.15) is 0 Å². The molecule has 0 radical (unpaired) electrons. The van der Waals surface area contributed by atoms with Crippen molar-refractivity contribution in [1.82, 2.24) is 5.32 Å². The fourth-order valence-electron chi connectivity index (χ4n) is 0.476. The maximum atomic E-state index is 11.6. The van der Waals surface area contributed by atoms with Gasteiger partial charge >= 0.3 is 5.97 Å². The number of carbonyl (C=O) groups is 1. The lowest BCUT2D eigenvalue weighted by Gasteiger charge is -2.04. The van der Waals surface area contributed by atoms with Crippen LogP contribution in [0.4, 0.5) is 8.78 Å². The van der Waals surface area contributed by atoms with Gasteiger partial charge in [0.1, 0.15) is 5.70 Å². The minimum atomic E-state index is -2.61. The molecule has 0 saturated heterocycles. The van der Waals surface area contributed by atoms with Gasteiger partial charge in [-0.3, -0.25) is 0 Å². The normalized spacial score (nSPS) is 11.4. The van der Waals surface area contributed by atoms with Crippen LogP contribution in [0.15, 0.2) is 11.8 Å². The maximum absolute atomic E-state index is 11.6. The van der Waals surface area contributed by atoms with Gasteiger partial charge in [-0.25, -0.2) is 13.6 Å². The molecule has 4 nitrogen and oxygen atoms in total. The van der Waals surface area contributed by atoms with Gasteiger partial charge in [-0.05, 0) is 6.08 Å². The summed E-state index contributed by atoms with van der Waals surface area (Å²) in [5, 5.41) is 16.8. The van der Waals surface area contributed by atoms with Crippen molar-refractivity contribution in [2.75, 3.05) is 6.54 Å². The highest BCUT2D eigenvalue weighted by molar-refractivity contribution is 5.90. The molecule has 0 aromatic carbocycles. The van der Waals surface area contributed by atoms with E-state index in [0.29, 0.717) is 6.21 Å². The van der Waals surface area contributed by atoms with Crippen molar-refractivity contribution in [3.8, 4) is 0 Å². The van der Waals surface area contributed by atoms with Gasteiger partial charge in [0.2, 0.25) is 0 Å². The Labute approximate surface area is 67.4 Å². The highest BCUT2D eigenvalue weighted by Gasteiger charge is 2.08. The predicted molar refractivity (Wildman–Crippen MR) is 38.5 cm³/mol. The molecule has 0 heterocycles. The Kier molecular flexibility index (Phi) is 4.59. The Hall–Kier alpha value is -1.46. The van der Waals surface area contributed by atoms with E-state index in [0.717, 1.165) is 6.08 Å². The summed E-state index contributed by atoms with van der Waals surface area (Å²) in [5.41, 5.74) is -0.412. The van der Waals surface area contributed by atoms with Crippen molar-refractivity contribution >= 4 is 12.2 Å². The van der Waals surface area contributed by atoms with E-state index in [4.69, 9.17) is 10.5 Å². The Morgan fingerprint density at radius 1 is 1.67 bits per heavy atom. The number of nitrogens with one attached hydrogen (secondary N) is 2. The molecular weight excluding hydrogens is 170 g/mol. The smallest absolute Gasteiger partial charge is 0.352 e. The largest absolute Gasteiger partial charge is 0.477 e. The molecule has 12 heavy (non-hydrogen) atoms. The van der Waals surface area contributed by atoms with Crippen LogP contribution in [-0.4, -0.2) is 30.3 Å². The van der Waals surface area contributed by atoms with Crippen LogP contribution in [0.2, 0.25) is 0 Å². The summed E-state index contributed by atoms with van der Waals surface area (Å²) >= 11 is 0. The first kappa shape index (κ1) is 10.5. The maximum Gasteiger partial charge on any atom is 0.352 e. The molecule has 0 saturated carbocycles. The van der Waals surface area contributed by atoms with Crippen LogP contribution in [0, 0.1) is 5.41 Å².